The third-order valence-corrected chi connectivity index (χ3v) is 5.87. The van der Waals surface area contributed by atoms with E-state index in [1.165, 1.54) is 44.9 Å². The van der Waals surface area contributed by atoms with Crippen molar-refractivity contribution in [2.45, 2.75) is 96.8 Å². The molecule has 2 heteroatoms. The molecule has 2 rings (SSSR count). The van der Waals surface area contributed by atoms with Crippen LogP contribution in [0.3, 0.4) is 0 Å². The Hall–Kier alpha value is -0.110. The predicted molar refractivity (Wildman–Crippen MR) is 87.2 cm³/mol. The van der Waals surface area contributed by atoms with Gasteiger partial charge >= 0.3 is 0 Å². The third kappa shape index (κ3) is 5.23. The zero-order valence-corrected chi connectivity index (χ0v) is 14.2. The first-order chi connectivity index (χ1) is 10.2. The maximum Gasteiger partial charge on any atom is 0.103 e. The van der Waals surface area contributed by atoms with Crippen LogP contribution in [-0.4, -0.2) is 18.9 Å². The standard InChI is InChI=1S/C19H35FO/c1-3-5-6-7-15-8-13-18(19(20)14-15)16-9-11-17(12-10-16)21-4-2/h15-19H,3-14H2,1-2H3. The van der Waals surface area contributed by atoms with Crippen molar-refractivity contribution in [3.8, 4) is 0 Å². The number of hydrogen-bond acceptors (Lipinski definition) is 1. The first-order valence-electron chi connectivity index (χ1n) is 9.50. The van der Waals surface area contributed by atoms with E-state index in [-0.39, 0.29) is 0 Å². The molecule has 0 N–H and O–H groups in total. The Labute approximate surface area is 131 Å². The van der Waals surface area contributed by atoms with Gasteiger partial charge in [-0.1, -0.05) is 32.6 Å². The maximum absolute atomic E-state index is 14.6. The summed E-state index contributed by atoms with van der Waals surface area (Å²) in [7, 11) is 0. The average Bonchev–Trinajstić information content (AvgIpc) is 2.49. The van der Waals surface area contributed by atoms with Gasteiger partial charge < -0.3 is 4.74 Å². The van der Waals surface area contributed by atoms with Crippen molar-refractivity contribution in [3.63, 3.8) is 0 Å². The fourth-order valence-electron chi connectivity index (χ4n) is 4.62. The Morgan fingerprint density at radius 3 is 2.33 bits per heavy atom. The van der Waals surface area contributed by atoms with Gasteiger partial charge in [0.15, 0.2) is 0 Å². The molecule has 2 aliphatic carbocycles. The Morgan fingerprint density at radius 1 is 0.952 bits per heavy atom. The summed E-state index contributed by atoms with van der Waals surface area (Å²) in [4.78, 5) is 0. The highest BCUT2D eigenvalue weighted by molar-refractivity contribution is 4.87. The van der Waals surface area contributed by atoms with Crippen molar-refractivity contribution >= 4 is 0 Å². The van der Waals surface area contributed by atoms with Gasteiger partial charge in [0.1, 0.15) is 6.17 Å². The van der Waals surface area contributed by atoms with Crippen LogP contribution >= 0.6 is 0 Å². The predicted octanol–water partition coefficient (Wildman–Crippen LogP) is 5.92. The molecule has 1 nitrogen and oxygen atoms in total. The minimum atomic E-state index is -0.529. The van der Waals surface area contributed by atoms with Gasteiger partial charge in [-0.3, -0.25) is 0 Å². The Bertz CT molecular complexity index is 273. The molecule has 124 valence electrons. The SMILES string of the molecule is CCCCCC1CCC(C2CCC(OCC)CC2)C(F)C1. The lowest BCUT2D eigenvalue weighted by Crippen LogP contribution is -2.35. The van der Waals surface area contributed by atoms with E-state index in [4.69, 9.17) is 4.74 Å². The van der Waals surface area contributed by atoms with E-state index >= 15 is 0 Å². The zero-order valence-electron chi connectivity index (χ0n) is 14.2. The summed E-state index contributed by atoms with van der Waals surface area (Å²) in [6.07, 6.45) is 13.0. The highest BCUT2D eigenvalue weighted by Crippen LogP contribution is 2.43. The monoisotopic (exact) mass is 298 g/mol. The second-order valence-corrected chi connectivity index (χ2v) is 7.35. The van der Waals surface area contributed by atoms with Crippen LogP contribution in [0, 0.1) is 17.8 Å². The molecule has 2 aliphatic rings. The van der Waals surface area contributed by atoms with Crippen LogP contribution in [0.15, 0.2) is 0 Å². The Balaban J connectivity index is 1.71. The summed E-state index contributed by atoms with van der Waals surface area (Å²) in [6, 6.07) is 0. The minimum absolute atomic E-state index is 0.356. The van der Waals surface area contributed by atoms with Crippen molar-refractivity contribution < 1.29 is 9.13 Å². The maximum atomic E-state index is 14.6. The number of halogens is 1. The van der Waals surface area contributed by atoms with Gasteiger partial charge in [-0.25, -0.2) is 4.39 Å². The molecule has 0 spiro atoms. The van der Waals surface area contributed by atoms with E-state index < -0.39 is 6.17 Å². The van der Waals surface area contributed by atoms with Gasteiger partial charge in [-0.05, 0) is 69.6 Å². The molecular formula is C19H35FO. The van der Waals surface area contributed by atoms with Gasteiger partial charge in [0.2, 0.25) is 0 Å². The van der Waals surface area contributed by atoms with Crippen molar-refractivity contribution in [1.82, 2.24) is 0 Å². The number of alkyl halides is 1. The Morgan fingerprint density at radius 2 is 1.71 bits per heavy atom. The van der Waals surface area contributed by atoms with E-state index in [9.17, 15) is 4.39 Å². The van der Waals surface area contributed by atoms with Crippen LogP contribution < -0.4 is 0 Å². The van der Waals surface area contributed by atoms with Crippen LogP contribution in [0.2, 0.25) is 0 Å². The largest absolute Gasteiger partial charge is 0.379 e. The van der Waals surface area contributed by atoms with Crippen molar-refractivity contribution in [1.29, 1.82) is 0 Å². The molecule has 0 aromatic carbocycles. The summed E-state index contributed by atoms with van der Waals surface area (Å²) in [6.45, 7) is 5.14. The average molecular weight is 298 g/mol. The molecule has 2 fully saturated rings. The molecule has 0 saturated heterocycles. The lowest BCUT2D eigenvalue weighted by atomic mass is 9.69. The van der Waals surface area contributed by atoms with E-state index in [1.807, 2.05) is 0 Å². The van der Waals surface area contributed by atoms with Crippen LogP contribution in [0.5, 0.6) is 0 Å². The van der Waals surface area contributed by atoms with E-state index in [2.05, 4.69) is 13.8 Å². The molecule has 0 radical (unpaired) electrons. The summed E-state index contributed by atoms with van der Waals surface area (Å²) in [5.41, 5.74) is 0. The number of hydrogen-bond donors (Lipinski definition) is 0. The summed E-state index contributed by atoms with van der Waals surface area (Å²) >= 11 is 0. The van der Waals surface area contributed by atoms with Crippen LogP contribution in [0.25, 0.3) is 0 Å². The fraction of sp³-hybridized carbons (Fsp3) is 1.00. The van der Waals surface area contributed by atoms with Gasteiger partial charge in [0.25, 0.3) is 0 Å². The smallest absolute Gasteiger partial charge is 0.103 e. The van der Waals surface area contributed by atoms with Crippen LogP contribution in [-0.2, 0) is 4.74 Å². The van der Waals surface area contributed by atoms with E-state index in [0.29, 0.717) is 23.9 Å². The van der Waals surface area contributed by atoms with Gasteiger partial charge in [0.05, 0.1) is 6.10 Å². The second kappa shape index (κ2) is 9.12. The van der Waals surface area contributed by atoms with Crippen LogP contribution in [0.1, 0.15) is 84.5 Å². The van der Waals surface area contributed by atoms with Crippen molar-refractivity contribution in [2.75, 3.05) is 6.61 Å². The van der Waals surface area contributed by atoms with Crippen molar-refractivity contribution in [3.05, 3.63) is 0 Å². The third-order valence-electron chi connectivity index (χ3n) is 5.87. The normalized spacial score (nSPS) is 37.6. The lowest BCUT2D eigenvalue weighted by molar-refractivity contribution is -0.00157. The molecule has 0 amide bonds. The highest BCUT2D eigenvalue weighted by Gasteiger charge is 2.37. The molecular weight excluding hydrogens is 263 g/mol. The second-order valence-electron chi connectivity index (χ2n) is 7.35. The number of unbranched alkanes of at least 4 members (excludes halogenated alkanes) is 2. The van der Waals surface area contributed by atoms with Crippen molar-refractivity contribution in [2.24, 2.45) is 17.8 Å². The molecule has 2 saturated carbocycles. The quantitative estimate of drug-likeness (QED) is 0.530. The first kappa shape index (κ1) is 17.2. The Kier molecular flexibility index (Phi) is 7.49. The fourth-order valence-corrected chi connectivity index (χ4v) is 4.62. The molecule has 3 atom stereocenters. The lowest BCUT2D eigenvalue weighted by Gasteiger charge is -2.39. The topological polar surface area (TPSA) is 9.23 Å². The molecule has 0 heterocycles. The molecule has 0 aromatic heterocycles. The van der Waals surface area contributed by atoms with E-state index in [0.717, 1.165) is 32.3 Å². The zero-order chi connectivity index (χ0) is 15.1. The highest BCUT2D eigenvalue weighted by atomic mass is 19.1. The molecule has 3 unspecified atom stereocenters. The number of rotatable bonds is 7. The van der Waals surface area contributed by atoms with Crippen LogP contribution in [0.4, 0.5) is 4.39 Å². The summed E-state index contributed by atoms with van der Waals surface area (Å²) in [5.74, 6) is 1.66. The van der Waals surface area contributed by atoms with Gasteiger partial charge in [-0.15, -0.1) is 0 Å². The molecule has 0 aromatic rings. The molecule has 0 bridgehead atoms. The van der Waals surface area contributed by atoms with Gasteiger partial charge in [0, 0.05) is 6.61 Å². The first-order valence-corrected chi connectivity index (χ1v) is 9.50. The molecule has 0 aliphatic heterocycles. The summed E-state index contributed by atoms with van der Waals surface area (Å²) in [5, 5.41) is 0. The summed E-state index contributed by atoms with van der Waals surface area (Å²) < 4.78 is 20.3. The molecule has 21 heavy (non-hydrogen) atoms. The van der Waals surface area contributed by atoms with Gasteiger partial charge in [-0.2, -0.15) is 0 Å². The number of ether oxygens (including phenoxy) is 1. The minimum Gasteiger partial charge on any atom is -0.379 e. The van der Waals surface area contributed by atoms with E-state index in [1.54, 1.807) is 0 Å².